The van der Waals surface area contributed by atoms with Crippen molar-refractivity contribution in [3.05, 3.63) is 0 Å². The molecule has 0 aromatic heterocycles. The molecule has 0 radical (unpaired) electrons. The molecule has 0 saturated carbocycles. The first kappa shape index (κ1) is 23.6. The topological polar surface area (TPSA) is 6.48 Å². The van der Waals surface area contributed by atoms with Gasteiger partial charge in [0.15, 0.2) is 0 Å². The average Bonchev–Trinajstić information content (AvgIpc) is 2.40. The van der Waals surface area contributed by atoms with Crippen molar-refractivity contribution in [3.63, 3.8) is 0 Å². The van der Waals surface area contributed by atoms with Gasteiger partial charge in [-0.05, 0) is 58.2 Å². The lowest BCUT2D eigenvalue weighted by Gasteiger charge is -2.35. The van der Waals surface area contributed by atoms with E-state index in [0.29, 0.717) is 0 Å². The minimum absolute atomic E-state index is 0.961. The van der Waals surface area contributed by atoms with Crippen molar-refractivity contribution in [1.82, 2.24) is 9.13 Å². The molecular formula is C17H44N2Si2. The Morgan fingerprint density at radius 3 is 1.10 bits per heavy atom. The van der Waals surface area contributed by atoms with Crippen LogP contribution in [0.3, 0.4) is 0 Å². The largest absolute Gasteiger partial charge is 0.329 e. The Bertz CT molecular complexity index is 219. The van der Waals surface area contributed by atoms with Crippen molar-refractivity contribution in [3.8, 4) is 0 Å². The van der Waals surface area contributed by atoms with Crippen LogP contribution in [-0.2, 0) is 0 Å². The van der Waals surface area contributed by atoms with Gasteiger partial charge in [-0.2, -0.15) is 0 Å². The van der Waals surface area contributed by atoms with Crippen molar-refractivity contribution >= 4 is 16.5 Å². The van der Waals surface area contributed by atoms with Gasteiger partial charge >= 0.3 is 0 Å². The number of hydrogen-bond acceptors (Lipinski definition) is 2. The van der Waals surface area contributed by atoms with Gasteiger partial charge in [0, 0.05) is 0 Å². The summed E-state index contributed by atoms with van der Waals surface area (Å²) in [7, 11) is 2.52. The van der Waals surface area contributed by atoms with Crippen LogP contribution in [0.15, 0.2) is 0 Å². The predicted octanol–water partition coefficient (Wildman–Crippen LogP) is 5.50. The highest BCUT2D eigenvalue weighted by molar-refractivity contribution is 6.76. The number of rotatable bonds is 9. The molecule has 0 N–H and O–H groups in total. The summed E-state index contributed by atoms with van der Waals surface area (Å²) < 4.78 is 5.18. The fraction of sp³-hybridized carbons (Fsp3) is 1.00. The molecule has 0 unspecified atom stereocenters. The van der Waals surface area contributed by atoms with Crippen molar-refractivity contribution in [2.75, 3.05) is 27.2 Å². The summed E-state index contributed by atoms with van der Waals surface area (Å²) in [6.07, 6.45) is 2.59. The van der Waals surface area contributed by atoms with Crippen molar-refractivity contribution in [1.29, 1.82) is 0 Å². The van der Waals surface area contributed by atoms with Gasteiger partial charge in [0.1, 0.15) is 16.5 Å². The van der Waals surface area contributed by atoms with Gasteiger partial charge in [-0.15, -0.1) is 0 Å². The van der Waals surface area contributed by atoms with E-state index in [1.165, 1.54) is 44.1 Å². The molecule has 0 amide bonds. The standard InChI is InChI=1S/C9H23NSi.C8H21NSi/c1-6-8-10(9-7-2)11(3,4)5;1-6-10(7-2,8-3)9(4)5/h6-9H2,1-5H3;6-8H2,1-5H3. The lowest BCUT2D eigenvalue weighted by atomic mass is 10.4. The third-order valence-corrected chi connectivity index (χ3v) is 13.0. The van der Waals surface area contributed by atoms with Gasteiger partial charge in [-0.25, -0.2) is 0 Å². The first-order valence-corrected chi connectivity index (χ1v) is 15.1. The second-order valence-corrected chi connectivity index (χ2v) is 17.8. The summed E-state index contributed by atoms with van der Waals surface area (Å²) in [6, 6.07) is 4.19. The van der Waals surface area contributed by atoms with Gasteiger partial charge in [0.25, 0.3) is 0 Å². The zero-order valence-electron chi connectivity index (χ0n) is 16.8. The second-order valence-electron chi connectivity index (χ2n) is 7.34. The fourth-order valence-corrected chi connectivity index (χ4v) is 8.21. The van der Waals surface area contributed by atoms with E-state index < -0.39 is 16.5 Å². The van der Waals surface area contributed by atoms with Crippen LogP contribution in [0.1, 0.15) is 47.5 Å². The molecule has 130 valence electrons. The maximum absolute atomic E-state index is 2.69. The van der Waals surface area contributed by atoms with Crippen LogP contribution in [0.2, 0.25) is 37.8 Å². The quantitative estimate of drug-likeness (QED) is 0.515. The minimum atomic E-state index is -0.995. The third-order valence-electron chi connectivity index (χ3n) is 4.86. The maximum atomic E-state index is 2.69. The molecule has 0 aliphatic carbocycles. The van der Waals surface area contributed by atoms with Gasteiger partial charge in [0.2, 0.25) is 0 Å². The van der Waals surface area contributed by atoms with Crippen molar-refractivity contribution in [2.45, 2.75) is 85.2 Å². The maximum Gasteiger partial charge on any atom is 0.127 e. The molecule has 0 fully saturated rings. The summed E-state index contributed by atoms with van der Waals surface area (Å²) in [5.74, 6) is 0. The first-order chi connectivity index (χ1) is 9.64. The molecular weight excluding hydrogens is 288 g/mol. The lowest BCUT2D eigenvalue weighted by Crippen LogP contribution is -2.47. The van der Waals surface area contributed by atoms with E-state index in [1.807, 2.05) is 0 Å². The molecule has 0 aliphatic rings. The summed E-state index contributed by atoms with van der Waals surface area (Å²) in [5.41, 5.74) is 0. The molecule has 0 aromatic rings. The van der Waals surface area contributed by atoms with Crippen LogP contribution < -0.4 is 0 Å². The molecule has 0 bridgehead atoms. The highest BCUT2D eigenvalue weighted by atomic mass is 28.3. The van der Waals surface area contributed by atoms with Gasteiger partial charge in [-0.1, -0.05) is 54.3 Å². The molecule has 21 heavy (non-hydrogen) atoms. The Morgan fingerprint density at radius 1 is 0.667 bits per heavy atom. The summed E-state index contributed by atoms with van der Waals surface area (Å²) >= 11 is 0. The molecule has 0 rings (SSSR count). The smallest absolute Gasteiger partial charge is 0.127 e. The van der Waals surface area contributed by atoms with Crippen LogP contribution in [0.5, 0.6) is 0 Å². The van der Waals surface area contributed by atoms with E-state index in [2.05, 4.69) is 77.5 Å². The van der Waals surface area contributed by atoms with E-state index in [9.17, 15) is 0 Å². The monoisotopic (exact) mass is 332 g/mol. The molecule has 2 nitrogen and oxygen atoms in total. The first-order valence-electron chi connectivity index (χ1n) is 9.07. The van der Waals surface area contributed by atoms with E-state index >= 15 is 0 Å². The summed E-state index contributed by atoms with van der Waals surface area (Å²) in [6.45, 7) is 21.4. The SMILES string of the molecule is CCCN(CCC)[Si](C)(C)C.CC[Si](CC)(CC)N(C)C. The molecule has 4 heteroatoms. The Balaban J connectivity index is 0. The zero-order valence-corrected chi connectivity index (χ0v) is 18.8. The molecule has 0 aliphatic heterocycles. The van der Waals surface area contributed by atoms with E-state index in [1.54, 1.807) is 0 Å². The van der Waals surface area contributed by atoms with Gasteiger partial charge in [0.05, 0.1) is 0 Å². The van der Waals surface area contributed by atoms with Crippen LogP contribution >= 0.6 is 0 Å². The Kier molecular flexibility index (Phi) is 13.3. The molecule has 0 spiro atoms. The highest BCUT2D eigenvalue weighted by Gasteiger charge is 2.29. The van der Waals surface area contributed by atoms with Crippen LogP contribution in [0, 0.1) is 0 Å². The molecule has 0 saturated heterocycles. The average molecular weight is 333 g/mol. The zero-order chi connectivity index (χ0) is 17.1. The van der Waals surface area contributed by atoms with Gasteiger partial charge < -0.3 is 9.13 Å². The third kappa shape index (κ3) is 9.16. The number of hydrogen-bond donors (Lipinski definition) is 0. The molecule has 0 atom stereocenters. The Hall–Kier alpha value is 0.354. The van der Waals surface area contributed by atoms with E-state index in [0.717, 1.165) is 0 Å². The fourth-order valence-electron chi connectivity index (χ4n) is 3.02. The highest BCUT2D eigenvalue weighted by Crippen LogP contribution is 2.21. The Morgan fingerprint density at radius 2 is 1.00 bits per heavy atom. The van der Waals surface area contributed by atoms with Crippen LogP contribution in [-0.4, -0.2) is 52.8 Å². The predicted molar refractivity (Wildman–Crippen MR) is 106 cm³/mol. The van der Waals surface area contributed by atoms with Crippen LogP contribution in [0.25, 0.3) is 0 Å². The van der Waals surface area contributed by atoms with Crippen molar-refractivity contribution < 1.29 is 0 Å². The van der Waals surface area contributed by atoms with Crippen LogP contribution in [0.4, 0.5) is 0 Å². The minimum Gasteiger partial charge on any atom is -0.329 e. The second kappa shape index (κ2) is 11.9. The van der Waals surface area contributed by atoms with E-state index in [-0.39, 0.29) is 0 Å². The molecule has 0 heterocycles. The summed E-state index contributed by atoms with van der Waals surface area (Å²) in [5, 5.41) is 0. The van der Waals surface area contributed by atoms with Gasteiger partial charge in [-0.3, -0.25) is 0 Å². The lowest BCUT2D eigenvalue weighted by molar-refractivity contribution is 0.421. The van der Waals surface area contributed by atoms with E-state index in [4.69, 9.17) is 0 Å². The summed E-state index contributed by atoms with van der Waals surface area (Å²) in [4.78, 5) is 0. The number of nitrogens with zero attached hydrogens (tertiary/aromatic N) is 2. The molecule has 0 aromatic carbocycles. The van der Waals surface area contributed by atoms with Crippen molar-refractivity contribution in [2.24, 2.45) is 0 Å². The Labute approximate surface area is 138 Å². The normalized spacial score (nSPS) is 12.6.